The molecule has 1 aromatic rings. The molecule has 1 aromatic heterocycles. The molecule has 0 radical (unpaired) electrons. The predicted molar refractivity (Wildman–Crippen MR) is 70.8 cm³/mol. The highest BCUT2D eigenvalue weighted by Crippen LogP contribution is 2.29. The van der Waals surface area contributed by atoms with E-state index in [-0.39, 0.29) is 18.6 Å². The van der Waals surface area contributed by atoms with Gasteiger partial charge < -0.3 is 10.4 Å². The Morgan fingerprint density at radius 1 is 1.26 bits per heavy atom. The van der Waals surface area contributed by atoms with Crippen molar-refractivity contribution in [2.75, 3.05) is 23.3 Å². The lowest BCUT2D eigenvalue weighted by molar-refractivity contribution is -0.117. The van der Waals surface area contributed by atoms with Crippen molar-refractivity contribution in [1.82, 2.24) is 9.97 Å². The van der Waals surface area contributed by atoms with Crippen LogP contribution >= 0.6 is 0 Å². The number of fused-ring (bicyclic) bond motifs is 1. The Kier molecular flexibility index (Phi) is 3.33. The molecule has 2 N–H and O–H groups in total. The average molecular weight is 262 g/mol. The fourth-order valence-electron chi connectivity index (χ4n) is 2.80. The third-order valence-electron chi connectivity index (χ3n) is 3.90. The molecule has 0 saturated heterocycles. The first-order valence-electron chi connectivity index (χ1n) is 6.77. The van der Waals surface area contributed by atoms with Gasteiger partial charge in [-0.2, -0.15) is 0 Å². The van der Waals surface area contributed by atoms with Crippen LogP contribution in [0.2, 0.25) is 0 Å². The van der Waals surface area contributed by atoms with Gasteiger partial charge in [0.05, 0.1) is 12.6 Å². The number of hydrogen-bond donors (Lipinski definition) is 2. The van der Waals surface area contributed by atoms with Crippen LogP contribution in [0.4, 0.5) is 11.6 Å². The fraction of sp³-hybridized carbons (Fsp3) is 0.615. The highest BCUT2D eigenvalue weighted by atomic mass is 16.3. The summed E-state index contributed by atoms with van der Waals surface area (Å²) >= 11 is 0. The summed E-state index contributed by atoms with van der Waals surface area (Å²) in [7, 11) is 0. The minimum absolute atomic E-state index is 0.0409. The van der Waals surface area contributed by atoms with Gasteiger partial charge in [0.1, 0.15) is 0 Å². The number of hydrogen-bond acceptors (Lipinski definition) is 5. The first-order chi connectivity index (χ1) is 9.24. The maximum atomic E-state index is 12.0. The summed E-state index contributed by atoms with van der Waals surface area (Å²) < 4.78 is 0. The van der Waals surface area contributed by atoms with E-state index in [0.717, 1.165) is 25.7 Å². The molecule has 6 heteroatoms. The topological polar surface area (TPSA) is 78.4 Å². The number of carbonyl (C=O) groups is 1. The van der Waals surface area contributed by atoms with Crippen LogP contribution in [0, 0.1) is 5.92 Å². The normalized spacial score (nSPS) is 26.8. The maximum absolute atomic E-state index is 12.0. The molecule has 2 heterocycles. The highest BCUT2D eigenvalue weighted by Gasteiger charge is 2.29. The second kappa shape index (κ2) is 5.13. The van der Waals surface area contributed by atoms with Gasteiger partial charge in [-0.1, -0.05) is 0 Å². The summed E-state index contributed by atoms with van der Waals surface area (Å²) in [6.07, 6.45) is 6.66. The van der Waals surface area contributed by atoms with E-state index in [1.165, 1.54) is 0 Å². The molecule has 0 atom stereocenters. The largest absolute Gasteiger partial charge is 0.393 e. The van der Waals surface area contributed by atoms with Gasteiger partial charge in [0.15, 0.2) is 11.6 Å². The number of amides is 1. The molecule has 1 aliphatic carbocycles. The summed E-state index contributed by atoms with van der Waals surface area (Å²) in [6.45, 7) is 0.958. The van der Waals surface area contributed by atoms with Crippen molar-refractivity contribution in [3.05, 3.63) is 12.4 Å². The van der Waals surface area contributed by atoms with Crippen LogP contribution in [-0.2, 0) is 4.79 Å². The van der Waals surface area contributed by atoms with Crippen LogP contribution in [0.15, 0.2) is 12.4 Å². The third-order valence-corrected chi connectivity index (χ3v) is 3.90. The van der Waals surface area contributed by atoms with E-state index in [0.29, 0.717) is 24.1 Å². The van der Waals surface area contributed by atoms with Crippen molar-refractivity contribution >= 4 is 17.5 Å². The Labute approximate surface area is 111 Å². The highest BCUT2D eigenvalue weighted by molar-refractivity contribution is 6.00. The van der Waals surface area contributed by atoms with E-state index < -0.39 is 0 Å². The molecule has 1 saturated carbocycles. The quantitative estimate of drug-likeness (QED) is 0.823. The first-order valence-corrected chi connectivity index (χ1v) is 6.77. The fourth-order valence-corrected chi connectivity index (χ4v) is 2.80. The molecular formula is C13H18N4O2. The lowest BCUT2D eigenvalue weighted by Gasteiger charge is -2.33. The number of aliphatic hydroxyl groups excluding tert-OH is 1. The summed E-state index contributed by atoms with van der Waals surface area (Å²) in [4.78, 5) is 22.2. The van der Waals surface area contributed by atoms with Gasteiger partial charge in [-0.25, -0.2) is 9.97 Å². The summed E-state index contributed by atoms with van der Waals surface area (Å²) in [5.41, 5.74) is 0. The number of rotatable bonds is 2. The lowest BCUT2D eigenvalue weighted by Crippen LogP contribution is -2.44. The van der Waals surface area contributed by atoms with Gasteiger partial charge in [-0.15, -0.1) is 0 Å². The number of carbonyl (C=O) groups excluding carboxylic acids is 1. The van der Waals surface area contributed by atoms with Crippen molar-refractivity contribution in [3.63, 3.8) is 0 Å². The Morgan fingerprint density at radius 2 is 2.00 bits per heavy atom. The molecule has 6 nitrogen and oxygen atoms in total. The van der Waals surface area contributed by atoms with Gasteiger partial charge in [-0.3, -0.25) is 9.69 Å². The van der Waals surface area contributed by atoms with E-state index >= 15 is 0 Å². The summed E-state index contributed by atoms with van der Waals surface area (Å²) in [5.74, 6) is 1.79. The Hall–Kier alpha value is -1.69. The van der Waals surface area contributed by atoms with Crippen LogP contribution in [0.25, 0.3) is 0 Å². The first kappa shape index (κ1) is 12.3. The monoisotopic (exact) mass is 262 g/mol. The number of nitrogens with one attached hydrogen (secondary N) is 1. The van der Waals surface area contributed by atoms with E-state index in [2.05, 4.69) is 15.3 Å². The molecule has 3 rings (SSSR count). The van der Waals surface area contributed by atoms with Crippen LogP contribution in [-0.4, -0.2) is 40.2 Å². The van der Waals surface area contributed by atoms with Gasteiger partial charge in [-0.05, 0) is 31.6 Å². The van der Waals surface area contributed by atoms with Gasteiger partial charge in [0.2, 0.25) is 5.91 Å². The minimum atomic E-state index is -0.165. The Bertz CT molecular complexity index is 471. The van der Waals surface area contributed by atoms with E-state index in [4.69, 9.17) is 0 Å². The lowest BCUT2D eigenvalue weighted by atomic mass is 9.87. The molecule has 2 aliphatic rings. The Morgan fingerprint density at radius 3 is 2.79 bits per heavy atom. The van der Waals surface area contributed by atoms with Gasteiger partial charge in [0.25, 0.3) is 0 Å². The molecule has 102 valence electrons. The van der Waals surface area contributed by atoms with E-state index in [9.17, 15) is 9.90 Å². The van der Waals surface area contributed by atoms with Crippen molar-refractivity contribution in [2.24, 2.45) is 5.92 Å². The molecule has 0 unspecified atom stereocenters. The van der Waals surface area contributed by atoms with Crippen molar-refractivity contribution < 1.29 is 9.90 Å². The molecular weight excluding hydrogens is 244 g/mol. The number of aliphatic hydroxyl groups is 1. The zero-order valence-corrected chi connectivity index (χ0v) is 10.7. The van der Waals surface area contributed by atoms with Crippen LogP contribution in [0.5, 0.6) is 0 Å². The molecule has 0 spiro atoms. The molecule has 1 fully saturated rings. The second-order valence-corrected chi connectivity index (χ2v) is 5.26. The SMILES string of the molecule is O=C1CNc2nccnc2N1CC1CCC(O)CC1. The van der Waals surface area contributed by atoms with E-state index in [1.807, 2.05) is 0 Å². The van der Waals surface area contributed by atoms with Crippen LogP contribution < -0.4 is 10.2 Å². The van der Waals surface area contributed by atoms with Crippen molar-refractivity contribution in [3.8, 4) is 0 Å². The molecule has 19 heavy (non-hydrogen) atoms. The van der Waals surface area contributed by atoms with E-state index in [1.54, 1.807) is 17.3 Å². The number of aromatic nitrogens is 2. The zero-order chi connectivity index (χ0) is 13.2. The Balaban J connectivity index is 1.75. The summed E-state index contributed by atoms with van der Waals surface area (Å²) in [6, 6.07) is 0. The smallest absolute Gasteiger partial charge is 0.247 e. The standard InChI is InChI=1S/C13H18N4O2/c18-10-3-1-9(2-4-10)8-17-11(19)7-16-12-13(17)15-6-5-14-12/h5-6,9-10,18H,1-4,7-8H2,(H,14,16). The second-order valence-electron chi connectivity index (χ2n) is 5.26. The minimum Gasteiger partial charge on any atom is -0.393 e. The van der Waals surface area contributed by atoms with Crippen LogP contribution in [0.1, 0.15) is 25.7 Å². The van der Waals surface area contributed by atoms with Gasteiger partial charge in [0, 0.05) is 18.9 Å². The molecule has 1 amide bonds. The van der Waals surface area contributed by atoms with Crippen LogP contribution in [0.3, 0.4) is 0 Å². The molecule has 1 aliphatic heterocycles. The maximum Gasteiger partial charge on any atom is 0.247 e. The van der Waals surface area contributed by atoms with Gasteiger partial charge >= 0.3 is 0 Å². The molecule has 0 bridgehead atoms. The summed E-state index contributed by atoms with van der Waals surface area (Å²) in [5, 5.41) is 12.5. The average Bonchev–Trinajstić information content (AvgIpc) is 2.44. The number of nitrogens with zero attached hydrogens (tertiary/aromatic N) is 3. The zero-order valence-electron chi connectivity index (χ0n) is 10.7. The molecule has 0 aromatic carbocycles. The third kappa shape index (κ3) is 2.53. The predicted octanol–water partition coefficient (Wildman–Crippen LogP) is 0.786. The van der Waals surface area contributed by atoms with Crippen molar-refractivity contribution in [2.45, 2.75) is 31.8 Å². The van der Waals surface area contributed by atoms with Crippen molar-refractivity contribution in [1.29, 1.82) is 0 Å². The number of anilines is 2.